The van der Waals surface area contributed by atoms with Crippen LogP contribution in [0.25, 0.3) is 32.0 Å². The Morgan fingerprint density at radius 2 is 0.859 bits per heavy atom. The van der Waals surface area contributed by atoms with Crippen LogP contribution in [-0.4, -0.2) is 56.5 Å². The molecule has 2 aliphatic carbocycles. The van der Waals surface area contributed by atoms with E-state index in [0.717, 1.165) is 117 Å². The molecule has 4 atom stereocenters. The molecule has 0 spiro atoms. The van der Waals surface area contributed by atoms with E-state index < -0.39 is 12.1 Å². The molecule has 12 heteroatoms. The Balaban J connectivity index is 0.794. The standard InChI is InChI=1S/C52H52N6O4S2/c59-47(39-15-7-16-39)55-45(37-11-3-1-4-12-37)51(61)57-29-9-19-41(57)49-53-31-43(63-49)35-25-21-33(22-26-35)34-23-27-36(28-24-34)44-32-54-50(64-44)42-20-10-30-58(42)52(62)46(38-13-5-2-6-14-38)56-48(60)40-17-8-18-40/h1-6,11-14,21-28,31-32,39-42,45-46H,7-10,15-20,29-30H2,(H,55,59)(H,56,60)/t41-,42-,45-,46+/m0/s1. The zero-order valence-corrected chi connectivity index (χ0v) is 37.4. The topological polar surface area (TPSA) is 125 Å². The van der Waals surface area contributed by atoms with Gasteiger partial charge in [-0.3, -0.25) is 19.2 Å². The van der Waals surface area contributed by atoms with E-state index in [4.69, 9.17) is 9.97 Å². The van der Waals surface area contributed by atoms with Crippen LogP contribution >= 0.6 is 22.7 Å². The first-order valence-corrected chi connectivity index (χ1v) is 24.5. The summed E-state index contributed by atoms with van der Waals surface area (Å²) in [5.41, 5.74) is 5.96. The second kappa shape index (κ2) is 18.6. The Morgan fingerprint density at radius 3 is 1.22 bits per heavy atom. The molecule has 2 N–H and O–H groups in total. The minimum Gasteiger partial charge on any atom is -0.340 e. The van der Waals surface area contributed by atoms with Crippen LogP contribution in [0, 0.1) is 11.8 Å². The third-order valence-electron chi connectivity index (χ3n) is 13.6. The number of thiazole rings is 2. The van der Waals surface area contributed by atoms with Gasteiger partial charge in [0.25, 0.3) is 0 Å². The van der Waals surface area contributed by atoms with E-state index in [0.29, 0.717) is 13.1 Å². The molecule has 6 aromatic rings. The van der Waals surface area contributed by atoms with Crippen molar-refractivity contribution in [3.8, 4) is 32.0 Å². The zero-order chi connectivity index (χ0) is 43.6. The maximum Gasteiger partial charge on any atom is 0.250 e. The summed E-state index contributed by atoms with van der Waals surface area (Å²) >= 11 is 3.26. The van der Waals surface area contributed by atoms with Gasteiger partial charge in [-0.05, 0) is 84.7 Å². The predicted octanol–water partition coefficient (Wildman–Crippen LogP) is 10.2. The molecule has 10 nitrogen and oxygen atoms in total. The Labute approximate surface area is 382 Å². The largest absolute Gasteiger partial charge is 0.340 e. The number of rotatable bonds is 13. The van der Waals surface area contributed by atoms with Gasteiger partial charge in [0.1, 0.15) is 22.1 Å². The number of hydrogen-bond donors (Lipinski definition) is 2. The molecular formula is C52H52N6O4S2. The predicted molar refractivity (Wildman–Crippen MR) is 251 cm³/mol. The van der Waals surface area contributed by atoms with Gasteiger partial charge < -0.3 is 20.4 Å². The first-order valence-electron chi connectivity index (χ1n) is 22.8. The van der Waals surface area contributed by atoms with Gasteiger partial charge in [0.15, 0.2) is 0 Å². The van der Waals surface area contributed by atoms with Gasteiger partial charge in [-0.25, -0.2) is 9.97 Å². The SMILES string of the molecule is O=C(N[C@H](C(=O)N1CCC[C@H]1c1ncc(-c2ccc(-c3ccc(-c4cnc([C@@H]5CCCN5C(=O)[C@H](NC(=O)C5CCC5)c5ccccc5)s4)cc3)cc2)s1)c1ccccc1)C1CCC1. The first kappa shape index (κ1) is 42.0. The van der Waals surface area contributed by atoms with Crippen molar-refractivity contribution < 1.29 is 19.2 Å². The van der Waals surface area contributed by atoms with E-state index in [1.54, 1.807) is 22.7 Å². The van der Waals surface area contributed by atoms with Crippen molar-refractivity contribution >= 4 is 46.3 Å². The van der Waals surface area contributed by atoms with Crippen LogP contribution in [0.15, 0.2) is 122 Å². The van der Waals surface area contributed by atoms with Crippen molar-refractivity contribution in [1.82, 2.24) is 30.4 Å². The van der Waals surface area contributed by atoms with Crippen molar-refractivity contribution in [2.45, 2.75) is 88.4 Å². The molecule has 0 unspecified atom stereocenters. The van der Waals surface area contributed by atoms with Crippen LogP contribution in [0.4, 0.5) is 0 Å². The minimum atomic E-state index is -0.715. The summed E-state index contributed by atoms with van der Waals surface area (Å²) in [6.45, 7) is 1.27. The maximum atomic E-state index is 14.2. The Hall–Kier alpha value is -5.98. The van der Waals surface area contributed by atoms with Crippen LogP contribution in [0.1, 0.15) is 110 Å². The Kier molecular flexibility index (Phi) is 12.2. The fraction of sp³-hybridized carbons (Fsp3) is 0.346. The molecule has 4 aliphatic rings. The van der Waals surface area contributed by atoms with Crippen LogP contribution in [0.2, 0.25) is 0 Å². The third kappa shape index (κ3) is 8.65. The van der Waals surface area contributed by atoms with E-state index in [-0.39, 0.29) is 47.5 Å². The number of nitrogens with one attached hydrogen (secondary N) is 2. The van der Waals surface area contributed by atoms with Gasteiger partial charge in [0, 0.05) is 37.3 Å². The summed E-state index contributed by atoms with van der Waals surface area (Å²) in [5, 5.41) is 8.05. The third-order valence-corrected chi connectivity index (χ3v) is 15.9. The highest BCUT2D eigenvalue weighted by atomic mass is 32.1. The number of amides is 4. The van der Waals surface area contributed by atoms with E-state index in [2.05, 4.69) is 59.2 Å². The monoisotopic (exact) mass is 888 g/mol. The van der Waals surface area contributed by atoms with E-state index >= 15 is 0 Å². The van der Waals surface area contributed by atoms with Crippen LogP contribution in [-0.2, 0) is 19.2 Å². The molecule has 0 radical (unpaired) electrons. The molecule has 2 saturated carbocycles. The number of benzene rings is 4. The van der Waals surface area contributed by atoms with Gasteiger partial charge in [0.05, 0.1) is 21.8 Å². The fourth-order valence-electron chi connectivity index (χ4n) is 9.44. The fourth-order valence-corrected chi connectivity index (χ4v) is 11.6. The molecule has 2 aromatic heterocycles. The molecule has 64 heavy (non-hydrogen) atoms. The van der Waals surface area contributed by atoms with E-state index in [1.165, 1.54) is 0 Å². The lowest BCUT2D eigenvalue weighted by Gasteiger charge is -2.31. The second-order valence-electron chi connectivity index (χ2n) is 17.6. The Bertz CT molecular complexity index is 2420. The van der Waals surface area contributed by atoms with Crippen molar-refractivity contribution in [2.24, 2.45) is 11.8 Å². The van der Waals surface area contributed by atoms with Gasteiger partial charge in [-0.2, -0.15) is 0 Å². The van der Waals surface area contributed by atoms with E-state index in [9.17, 15) is 19.2 Å². The highest BCUT2D eigenvalue weighted by Gasteiger charge is 2.40. The van der Waals surface area contributed by atoms with Crippen LogP contribution in [0.5, 0.6) is 0 Å². The van der Waals surface area contributed by atoms with Crippen molar-refractivity contribution in [3.63, 3.8) is 0 Å². The molecule has 326 valence electrons. The summed E-state index contributed by atoms with van der Waals surface area (Å²) in [4.78, 5) is 70.2. The lowest BCUT2D eigenvalue weighted by atomic mass is 9.84. The normalized spacial score (nSPS) is 19.7. The smallest absolute Gasteiger partial charge is 0.250 e. The van der Waals surface area contributed by atoms with E-state index in [1.807, 2.05) is 82.9 Å². The number of aromatic nitrogens is 2. The number of hydrogen-bond acceptors (Lipinski definition) is 8. The van der Waals surface area contributed by atoms with Gasteiger partial charge in [0.2, 0.25) is 23.6 Å². The summed E-state index contributed by atoms with van der Waals surface area (Å²) in [6.07, 6.45) is 12.9. The first-order chi connectivity index (χ1) is 31.4. The molecule has 10 rings (SSSR count). The summed E-state index contributed by atoms with van der Waals surface area (Å²) in [5.74, 6) is -0.224. The highest BCUT2D eigenvalue weighted by molar-refractivity contribution is 7.15. The van der Waals surface area contributed by atoms with Crippen molar-refractivity contribution in [3.05, 3.63) is 143 Å². The average molecular weight is 889 g/mol. The molecular weight excluding hydrogens is 837 g/mol. The van der Waals surface area contributed by atoms with Gasteiger partial charge in [-0.1, -0.05) is 122 Å². The molecule has 4 heterocycles. The number of carbonyl (C=O) groups excluding carboxylic acids is 4. The minimum absolute atomic E-state index is 0.00785. The molecule has 2 saturated heterocycles. The van der Waals surface area contributed by atoms with Crippen molar-refractivity contribution in [2.75, 3.05) is 13.1 Å². The summed E-state index contributed by atoms with van der Waals surface area (Å²) < 4.78 is 0. The van der Waals surface area contributed by atoms with Gasteiger partial charge in [-0.15, -0.1) is 22.7 Å². The zero-order valence-electron chi connectivity index (χ0n) is 35.7. The average Bonchev–Trinajstić information content (AvgIpc) is 4.14. The molecule has 4 amide bonds. The lowest BCUT2D eigenvalue weighted by Crippen LogP contribution is -2.45. The molecule has 2 aliphatic heterocycles. The lowest BCUT2D eigenvalue weighted by molar-refractivity contribution is -0.139. The number of carbonyl (C=O) groups is 4. The second-order valence-corrected chi connectivity index (χ2v) is 19.7. The highest BCUT2D eigenvalue weighted by Crippen LogP contribution is 2.41. The van der Waals surface area contributed by atoms with Crippen LogP contribution < -0.4 is 10.6 Å². The Morgan fingerprint density at radius 1 is 0.484 bits per heavy atom. The molecule has 0 bridgehead atoms. The van der Waals surface area contributed by atoms with Crippen molar-refractivity contribution in [1.29, 1.82) is 0 Å². The number of likely N-dealkylation sites (tertiary alicyclic amines) is 2. The maximum absolute atomic E-state index is 14.2. The van der Waals surface area contributed by atoms with Gasteiger partial charge >= 0.3 is 0 Å². The molecule has 4 fully saturated rings. The summed E-state index contributed by atoms with van der Waals surface area (Å²) in [6, 6.07) is 34.6. The summed E-state index contributed by atoms with van der Waals surface area (Å²) in [7, 11) is 0. The van der Waals surface area contributed by atoms with Crippen LogP contribution in [0.3, 0.4) is 0 Å². The quantitative estimate of drug-likeness (QED) is 0.119. The molecule has 4 aromatic carbocycles. The number of nitrogens with zero attached hydrogens (tertiary/aromatic N) is 4.